The van der Waals surface area contributed by atoms with Gasteiger partial charge in [-0.1, -0.05) is 6.08 Å². The molecule has 0 aromatic rings. The third kappa shape index (κ3) is 1.11. The Labute approximate surface area is 85.6 Å². The van der Waals surface area contributed by atoms with E-state index in [1.54, 1.807) is 6.08 Å². The van der Waals surface area contributed by atoms with Crippen LogP contribution in [-0.2, 0) is 4.79 Å². The Morgan fingerprint density at radius 1 is 1.00 bits per heavy atom. The molecule has 0 spiro atoms. The van der Waals surface area contributed by atoms with Crippen molar-refractivity contribution in [2.45, 2.75) is 32.1 Å². The standard InChI is InChI=1S/C13H18O/c14-7-1-2-9-5-6-12-10-3-4-11(8-10)13(9)12/h1-2,7,9-13H,3-6,8H2. The quantitative estimate of drug-likeness (QED) is 0.483. The minimum absolute atomic E-state index is 0.737. The second-order valence-electron chi connectivity index (χ2n) is 5.34. The minimum atomic E-state index is 0.737. The third-order valence-corrected chi connectivity index (χ3v) is 4.92. The predicted octanol–water partition coefficient (Wildman–Crippen LogP) is 2.81. The Morgan fingerprint density at radius 2 is 1.86 bits per heavy atom. The van der Waals surface area contributed by atoms with E-state index in [-0.39, 0.29) is 0 Å². The van der Waals surface area contributed by atoms with Crippen molar-refractivity contribution < 1.29 is 4.79 Å². The number of carbonyl (C=O) groups is 1. The van der Waals surface area contributed by atoms with Crippen LogP contribution in [0.3, 0.4) is 0 Å². The van der Waals surface area contributed by atoms with Crippen LogP contribution < -0.4 is 0 Å². The molecule has 2 bridgehead atoms. The van der Waals surface area contributed by atoms with Crippen molar-refractivity contribution in [3.8, 4) is 0 Å². The summed E-state index contributed by atoms with van der Waals surface area (Å²) in [5.74, 6) is 4.77. The molecule has 3 aliphatic carbocycles. The smallest absolute Gasteiger partial charge is 0.142 e. The predicted molar refractivity (Wildman–Crippen MR) is 55.7 cm³/mol. The van der Waals surface area contributed by atoms with Gasteiger partial charge in [-0.15, -0.1) is 0 Å². The minimum Gasteiger partial charge on any atom is -0.299 e. The van der Waals surface area contributed by atoms with E-state index in [1.807, 2.05) is 0 Å². The molecule has 0 radical (unpaired) electrons. The lowest BCUT2D eigenvalue weighted by Crippen LogP contribution is -2.21. The molecule has 5 atom stereocenters. The molecule has 0 heterocycles. The summed E-state index contributed by atoms with van der Waals surface area (Å²) in [5, 5.41) is 0. The maximum Gasteiger partial charge on any atom is 0.142 e. The number of carbonyl (C=O) groups excluding carboxylic acids is 1. The van der Waals surface area contributed by atoms with Crippen molar-refractivity contribution in [1.82, 2.24) is 0 Å². The van der Waals surface area contributed by atoms with E-state index >= 15 is 0 Å². The number of hydrogen-bond donors (Lipinski definition) is 0. The summed E-state index contributed by atoms with van der Waals surface area (Å²) in [4.78, 5) is 10.3. The van der Waals surface area contributed by atoms with Crippen LogP contribution in [0.5, 0.6) is 0 Å². The second-order valence-corrected chi connectivity index (χ2v) is 5.34. The molecule has 76 valence electrons. The fourth-order valence-electron chi connectivity index (χ4n) is 4.54. The zero-order chi connectivity index (χ0) is 9.54. The number of aldehydes is 1. The lowest BCUT2D eigenvalue weighted by molar-refractivity contribution is -0.104. The first-order chi connectivity index (χ1) is 6.90. The largest absolute Gasteiger partial charge is 0.299 e. The van der Waals surface area contributed by atoms with Gasteiger partial charge in [0.15, 0.2) is 0 Å². The van der Waals surface area contributed by atoms with Crippen LogP contribution in [0, 0.1) is 29.6 Å². The van der Waals surface area contributed by atoms with E-state index in [2.05, 4.69) is 6.08 Å². The van der Waals surface area contributed by atoms with Gasteiger partial charge in [0.25, 0.3) is 0 Å². The maximum absolute atomic E-state index is 10.3. The molecule has 5 unspecified atom stereocenters. The first-order valence-corrected chi connectivity index (χ1v) is 6.02. The summed E-state index contributed by atoms with van der Waals surface area (Å²) in [6.07, 6.45) is 12.1. The van der Waals surface area contributed by atoms with Gasteiger partial charge in [0.2, 0.25) is 0 Å². The molecule has 1 nitrogen and oxygen atoms in total. The Kier molecular flexibility index (Phi) is 2.00. The molecular weight excluding hydrogens is 172 g/mol. The summed E-state index contributed by atoms with van der Waals surface area (Å²) < 4.78 is 0. The van der Waals surface area contributed by atoms with Gasteiger partial charge >= 0.3 is 0 Å². The normalized spacial score (nSPS) is 50.1. The van der Waals surface area contributed by atoms with Crippen LogP contribution in [0.1, 0.15) is 32.1 Å². The van der Waals surface area contributed by atoms with Crippen LogP contribution in [0.25, 0.3) is 0 Å². The van der Waals surface area contributed by atoms with Gasteiger partial charge in [-0.2, -0.15) is 0 Å². The molecule has 0 N–H and O–H groups in total. The zero-order valence-electron chi connectivity index (χ0n) is 8.56. The summed E-state index contributed by atoms with van der Waals surface area (Å²) in [5.41, 5.74) is 0. The van der Waals surface area contributed by atoms with Crippen LogP contribution in [0.2, 0.25) is 0 Å². The van der Waals surface area contributed by atoms with Crippen LogP contribution in [0.15, 0.2) is 12.2 Å². The highest BCUT2D eigenvalue weighted by Gasteiger charge is 2.52. The molecule has 0 aromatic carbocycles. The summed E-state index contributed by atoms with van der Waals surface area (Å²) in [6, 6.07) is 0. The van der Waals surface area contributed by atoms with Gasteiger partial charge in [-0.25, -0.2) is 0 Å². The molecule has 0 amide bonds. The molecular formula is C13H18O. The fraction of sp³-hybridized carbons (Fsp3) is 0.769. The molecule has 3 saturated carbocycles. The average Bonchev–Trinajstić information content (AvgIpc) is 2.87. The van der Waals surface area contributed by atoms with Crippen molar-refractivity contribution in [3.63, 3.8) is 0 Å². The van der Waals surface area contributed by atoms with Crippen LogP contribution in [0.4, 0.5) is 0 Å². The first-order valence-electron chi connectivity index (χ1n) is 6.02. The summed E-state index contributed by atoms with van der Waals surface area (Å²) >= 11 is 0. The molecule has 14 heavy (non-hydrogen) atoms. The fourth-order valence-corrected chi connectivity index (χ4v) is 4.54. The van der Waals surface area contributed by atoms with Crippen LogP contribution in [-0.4, -0.2) is 6.29 Å². The lowest BCUT2D eigenvalue weighted by Gasteiger charge is -2.27. The molecule has 3 aliphatic rings. The number of allylic oxidation sites excluding steroid dienone is 2. The average molecular weight is 190 g/mol. The SMILES string of the molecule is O=CC=CC1CCC2C3CCC(C3)C12. The van der Waals surface area contributed by atoms with E-state index in [1.165, 1.54) is 32.1 Å². The lowest BCUT2D eigenvalue weighted by atomic mass is 9.78. The Balaban J connectivity index is 1.78. The van der Waals surface area contributed by atoms with Crippen molar-refractivity contribution in [1.29, 1.82) is 0 Å². The molecule has 1 heteroatoms. The van der Waals surface area contributed by atoms with Crippen molar-refractivity contribution in [2.75, 3.05) is 0 Å². The van der Waals surface area contributed by atoms with Gasteiger partial charge in [0.1, 0.15) is 6.29 Å². The van der Waals surface area contributed by atoms with Crippen molar-refractivity contribution >= 4 is 6.29 Å². The van der Waals surface area contributed by atoms with Gasteiger partial charge in [0.05, 0.1) is 0 Å². The molecule has 0 aliphatic heterocycles. The van der Waals surface area contributed by atoms with E-state index in [9.17, 15) is 4.79 Å². The molecule has 3 rings (SSSR count). The van der Waals surface area contributed by atoms with E-state index < -0.39 is 0 Å². The molecule has 3 fully saturated rings. The van der Waals surface area contributed by atoms with Gasteiger partial charge in [0, 0.05) is 0 Å². The monoisotopic (exact) mass is 190 g/mol. The van der Waals surface area contributed by atoms with E-state index in [4.69, 9.17) is 0 Å². The highest BCUT2D eigenvalue weighted by atomic mass is 16.1. The number of hydrogen-bond acceptors (Lipinski definition) is 1. The van der Waals surface area contributed by atoms with E-state index in [0.29, 0.717) is 0 Å². The number of rotatable bonds is 2. The maximum atomic E-state index is 10.3. The van der Waals surface area contributed by atoms with Gasteiger partial charge < -0.3 is 0 Å². The number of fused-ring (bicyclic) bond motifs is 5. The summed E-state index contributed by atoms with van der Waals surface area (Å²) in [7, 11) is 0. The topological polar surface area (TPSA) is 17.1 Å². The Bertz CT molecular complexity index is 268. The highest BCUT2D eigenvalue weighted by molar-refractivity contribution is 5.64. The summed E-state index contributed by atoms with van der Waals surface area (Å²) in [6.45, 7) is 0. The zero-order valence-corrected chi connectivity index (χ0v) is 8.56. The van der Waals surface area contributed by atoms with Gasteiger partial charge in [-0.3, -0.25) is 4.79 Å². The second kappa shape index (κ2) is 3.22. The Morgan fingerprint density at radius 3 is 2.71 bits per heavy atom. The first kappa shape index (κ1) is 8.70. The molecule has 0 aromatic heterocycles. The third-order valence-electron chi connectivity index (χ3n) is 4.92. The van der Waals surface area contributed by atoms with E-state index in [0.717, 1.165) is 35.9 Å². The Hall–Kier alpha value is -0.590. The highest BCUT2D eigenvalue weighted by Crippen LogP contribution is 2.60. The van der Waals surface area contributed by atoms with Crippen molar-refractivity contribution in [3.05, 3.63) is 12.2 Å². The molecule has 0 saturated heterocycles. The van der Waals surface area contributed by atoms with Crippen LogP contribution >= 0.6 is 0 Å². The van der Waals surface area contributed by atoms with Crippen molar-refractivity contribution in [2.24, 2.45) is 29.6 Å². The van der Waals surface area contributed by atoms with Gasteiger partial charge in [-0.05, 0) is 67.8 Å².